The Hall–Kier alpha value is -3.77. The number of phenolic OH excluding ortho intramolecular Hbond substituents is 1. The molecule has 0 spiro atoms. The molecule has 0 aliphatic carbocycles. The van der Waals surface area contributed by atoms with Crippen molar-refractivity contribution in [3.8, 4) is 5.75 Å². The minimum Gasteiger partial charge on any atom is -0.506 e. The third kappa shape index (κ3) is 6.10. The number of nitrogens with zero attached hydrogens (tertiary/aromatic N) is 3. The van der Waals surface area contributed by atoms with Gasteiger partial charge < -0.3 is 10.2 Å². The molecule has 4 N–H and O–H groups in total. The number of aromatic hydroxyl groups is 1. The van der Waals surface area contributed by atoms with E-state index in [-0.39, 0.29) is 28.5 Å². The molecule has 0 atom stereocenters. The zero-order chi connectivity index (χ0) is 22.1. The number of hydrazone groups is 1. The van der Waals surface area contributed by atoms with E-state index in [9.17, 15) is 15.0 Å². The third-order valence-electron chi connectivity index (χ3n) is 3.83. The van der Waals surface area contributed by atoms with Gasteiger partial charge in [-0.3, -0.25) is 5.43 Å². The number of carbonyl (C=O) groups is 1. The van der Waals surface area contributed by atoms with Crippen molar-refractivity contribution in [2.45, 2.75) is 4.90 Å². The lowest BCUT2D eigenvalue weighted by molar-refractivity contribution is -0.432. The third-order valence-corrected chi connectivity index (χ3v) is 4.41. The van der Waals surface area contributed by atoms with E-state index in [1.807, 2.05) is 6.07 Å². The monoisotopic (exact) mass is 440 g/mol. The van der Waals surface area contributed by atoms with Gasteiger partial charge in [-0.25, -0.2) is 10.1 Å². The van der Waals surface area contributed by atoms with E-state index in [1.54, 1.807) is 36.4 Å². The number of nitrogens with one attached hydrogen (secondary N) is 1. The second kappa shape index (κ2) is 10.8. The molecule has 0 aliphatic heterocycles. The number of azo groups is 1. The summed E-state index contributed by atoms with van der Waals surface area (Å²) in [6.45, 7) is 0. The number of hydrogen-bond acceptors (Lipinski definition) is 9. The SMILES string of the molecule is O=C(O)c1ccccc1N=N/C(=N/Nc1cc(SOOO)ccc1O)c1ccccc1. The molecule has 0 aromatic heterocycles. The highest BCUT2D eigenvalue weighted by molar-refractivity contribution is 7.94. The van der Waals surface area contributed by atoms with Crippen LogP contribution in [-0.4, -0.2) is 27.3 Å². The summed E-state index contributed by atoms with van der Waals surface area (Å²) in [5.41, 5.74) is 3.69. The molecule has 3 rings (SSSR count). The first-order valence-electron chi connectivity index (χ1n) is 8.69. The number of carboxylic acids is 1. The highest BCUT2D eigenvalue weighted by Gasteiger charge is 2.10. The predicted molar refractivity (Wildman–Crippen MR) is 113 cm³/mol. The zero-order valence-electron chi connectivity index (χ0n) is 15.7. The van der Waals surface area contributed by atoms with Crippen LogP contribution in [0.1, 0.15) is 15.9 Å². The van der Waals surface area contributed by atoms with Gasteiger partial charge in [0.2, 0.25) is 5.84 Å². The highest BCUT2D eigenvalue weighted by Crippen LogP contribution is 2.30. The fourth-order valence-electron chi connectivity index (χ4n) is 2.40. The minimum atomic E-state index is -1.13. The summed E-state index contributed by atoms with van der Waals surface area (Å²) in [6, 6.07) is 19.5. The van der Waals surface area contributed by atoms with Gasteiger partial charge in [0, 0.05) is 10.5 Å². The maximum atomic E-state index is 11.4. The van der Waals surface area contributed by atoms with Crippen LogP contribution in [0.25, 0.3) is 0 Å². The van der Waals surface area contributed by atoms with Crippen molar-refractivity contribution in [3.63, 3.8) is 0 Å². The second-order valence-electron chi connectivity index (χ2n) is 5.84. The number of hydrogen-bond donors (Lipinski definition) is 4. The Kier molecular flexibility index (Phi) is 7.67. The molecule has 0 saturated heterocycles. The Morgan fingerprint density at radius 1 is 1.00 bits per heavy atom. The molecule has 0 saturated carbocycles. The van der Waals surface area contributed by atoms with Crippen LogP contribution in [0.3, 0.4) is 0 Å². The van der Waals surface area contributed by atoms with Crippen LogP contribution < -0.4 is 5.43 Å². The predicted octanol–water partition coefficient (Wildman–Crippen LogP) is 5.08. The van der Waals surface area contributed by atoms with Gasteiger partial charge in [-0.15, -0.1) is 14.6 Å². The largest absolute Gasteiger partial charge is 0.506 e. The molecule has 0 amide bonds. The van der Waals surface area contributed by atoms with Gasteiger partial charge in [0.25, 0.3) is 0 Å². The minimum absolute atomic E-state index is 0.0000866. The average Bonchev–Trinajstić information content (AvgIpc) is 2.80. The highest BCUT2D eigenvalue weighted by atomic mass is 32.2. The average molecular weight is 440 g/mol. The number of rotatable bonds is 8. The van der Waals surface area contributed by atoms with Crippen molar-refractivity contribution in [3.05, 3.63) is 83.9 Å². The first-order valence-corrected chi connectivity index (χ1v) is 9.43. The molecule has 0 unspecified atom stereocenters. The molecule has 0 fully saturated rings. The molecule has 0 bridgehead atoms. The first-order chi connectivity index (χ1) is 15.1. The van der Waals surface area contributed by atoms with Crippen molar-refractivity contribution in [2.24, 2.45) is 15.3 Å². The molecule has 0 heterocycles. The number of carboxylic acid groups (broad SMARTS) is 1. The lowest BCUT2D eigenvalue weighted by Gasteiger charge is -2.07. The van der Waals surface area contributed by atoms with Crippen LogP contribution >= 0.6 is 12.0 Å². The quantitative estimate of drug-likeness (QED) is 0.0722. The molecule has 3 aromatic rings. The van der Waals surface area contributed by atoms with Gasteiger partial charge in [0.05, 0.1) is 23.3 Å². The number of phenols is 1. The van der Waals surface area contributed by atoms with Gasteiger partial charge in [-0.2, -0.15) is 5.10 Å². The molecule has 11 heteroatoms. The summed E-state index contributed by atoms with van der Waals surface area (Å²) < 4.78 is 4.37. The standard InChI is InChI=1S/C20H16N4O6S/c25-18-11-10-14(31-30-29-28)12-17(18)22-24-19(13-6-2-1-3-7-13)23-21-16-9-5-4-8-15(16)20(26)27/h1-12,22,25,28H,(H,26,27)/b23-21?,24-19+. The molecule has 0 radical (unpaired) electrons. The van der Waals surface area contributed by atoms with Crippen LogP contribution in [0.2, 0.25) is 0 Å². The van der Waals surface area contributed by atoms with E-state index in [1.165, 1.54) is 30.3 Å². The van der Waals surface area contributed by atoms with E-state index in [4.69, 9.17) is 5.26 Å². The van der Waals surface area contributed by atoms with E-state index in [0.717, 1.165) is 0 Å². The molecule has 3 aromatic carbocycles. The van der Waals surface area contributed by atoms with Gasteiger partial charge in [-0.05, 0) is 30.3 Å². The second-order valence-corrected chi connectivity index (χ2v) is 6.61. The van der Waals surface area contributed by atoms with Crippen molar-refractivity contribution in [1.82, 2.24) is 0 Å². The fourth-order valence-corrected chi connectivity index (χ4v) is 2.80. The Balaban J connectivity index is 1.92. The van der Waals surface area contributed by atoms with E-state index < -0.39 is 5.97 Å². The normalized spacial score (nSPS) is 11.6. The maximum Gasteiger partial charge on any atom is 0.337 e. The topological polar surface area (TPSA) is 145 Å². The van der Waals surface area contributed by atoms with E-state index >= 15 is 0 Å². The molecule has 10 nitrogen and oxygen atoms in total. The van der Waals surface area contributed by atoms with Crippen molar-refractivity contribution >= 4 is 35.2 Å². The number of benzene rings is 3. The summed E-state index contributed by atoms with van der Waals surface area (Å²) in [5.74, 6) is -1.08. The van der Waals surface area contributed by atoms with Crippen molar-refractivity contribution < 1.29 is 29.6 Å². The van der Waals surface area contributed by atoms with Crippen LogP contribution in [-0.2, 0) is 9.37 Å². The number of aromatic carboxylic acids is 1. The van der Waals surface area contributed by atoms with Gasteiger partial charge in [-0.1, -0.05) is 47.5 Å². The number of anilines is 1. The van der Waals surface area contributed by atoms with Crippen LogP contribution in [0.4, 0.5) is 11.4 Å². The lowest BCUT2D eigenvalue weighted by atomic mass is 10.2. The smallest absolute Gasteiger partial charge is 0.337 e. The summed E-state index contributed by atoms with van der Waals surface area (Å²) in [7, 11) is 0. The zero-order valence-corrected chi connectivity index (χ0v) is 16.6. The van der Waals surface area contributed by atoms with Crippen LogP contribution in [0.5, 0.6) is 5.75 Å². The van der Waals surface area contributed by atoms with E-state index in [2.05, 4.69) is 30.1 Å². The molecule has 31 heavy (non-hydrogen) atoms. The van der Waals surface area contributed by atoms with Gasteiger partial charge >= 0.3 is 5.97 Å². The molecule has 158 valence electrons. The van der Waals surface area contributed by atoms with Gasteiger partial charge in [0.15, 0.2) is 0 Å². The Morgan fingerprint density at radius 2 is 1.74 bits per heavy atom. The van der Waals surface area contributed by atoms with Crippen molar-refractivity contribution in [1.29, 1.82) is 0 Å². The Morgan fingerprint density at radius 3 is 2.48 bits per heavy atom. The molecular weight excluding hydrogens is 424 g/mol. The fraction of sp³-hybridized carbons (Fsp3) is 0. The maximum absolute atomic E-state index is 11.4. The summed E-state index contributed by atoms with van der Waals surface area (Å²) in [6.07, 6.45) is 0. The van der Waals surface area contributed by atoms with Crippen molar-refractivity contribution in [2.75, 3.05) is 5.43 Å². The summed E-state index contributed by atoms with van der Waals surface area (Å²) >= 11 is 0.716. The molecular formula is C20H16N4O6S. The molecule has 0 aliphatic rings. The summed E-state index contributed by atoms with van der Waals surface area (Å²) in [5, 5.41) is 43.6. The van der Waals surface area contributed by atoms with Crippen LogP contribution in [0.15, 0.2) is 93.0 Å². The number of amidine groups is 1. The first kappa shape index (κ1) is 21.9. The lowest BCUT2D eigenvalue weighted by Crippen LogP contribution is -2.02. The van der Waals surface area contributed by atoms with Gasteiger partial charge in [0.1, 0.15) is 11.4 Å². The Bertz CT molecular complexity index is 1110. The summed E-state index contributed by atoms with van der Waals surface area (Å²) in [4.78, 5) is 11.9. The van der Waals surface area contributed by atoms with E-state index in [0.29, 0.717) is 22.5 Å². The Labute approximate surface area is 180 Å². The van der Waals surface area contributed by atoms with Crippen LogP contribution in [0, 0.1) is 0 Å².